The van der Waals surface area contributed by atoms with E-state index in [2.05, 4.69) is 15.3 Å². The molecular weight excluding hydrogens is 266 g/mol. The SMILES string of the molecule is CCC(Nc1ccc([N+](=O)[O-])c(N)n1)c1nccs1. The zero-order valence-electron chi connectivity index (χ0n) is 10.2. The van der Waals surface area contributed by atoms with E-state index in [1.165, 1.54) is 6.07 Å². The van der Waals surface area contributed by atoms with Crippen molar-refractivity contribution >= 4 is 28.7 Å². The minimum atomic E-state index is -0.551. The maximum Gasteiger partial charge on any atom is 0.311 e. The predicted octanol–water partition coefficient (Wildman–Crippen LogP) is 2.59. The number of pyridine rings is 1. The third-order valence-corrected chi connectivity index (χ3v) is 3.47. The lowest BCUT2D eigenvalue weighted by Gasteiger charge is -2.15. The number of nitrogen functional groups attached to an aromatic ring is 1. The van der Waals surface area contributed by atoms with Gasteiger partial charge in [0, 0.05) is 17.6 Å². The summed E-state index contributed by atoms with van der Waals surface area (Å²) in [6, 6.07) is 2.91. The standard InChI is InChI=1S/C11H13N5O2S/c1-2-7(11-13-5-6-19-11)14-9-4-3-8(16(17)18)10(12)15-9/h3-7H,2H2,1H3,(H3,12,14,15). The molecule has 7 nitrogen and oxygen atoms in total. The maximum atomic E-state index is 10.7. The molecule has 2 aromatic rings. The van der Waals surface area contributed by atoms with Crippen molar-refractivity contribution in [3.8, 4) is 0 Å². The van der Waals surface area contributed by atoms with Crippen LogP contribution in [0.25, 0.3) is 0 Å². The van der Waals surface area contributed by atoms with Crippen LogP contribution in [0, 0.1) is 10.1 Å². The van der Waals surface area contributed by atoms with Crippen molar-refractivity contribution in [1.82, 2.24) is 9.97 Å². The van der Waals surface area contributed by atoms with Gasteiger partial charge in [-0.25, -0.2) is 9.97 Å². The molecule has 0 saturated carbocycles. The number of hydrogen-bond donors (Lipinski definition) is 2. The molecule has 0 radical (unpaired) electrons. The summed E-state index contributed by atoms with van der Waals surface area (Å²) in [6.07, 6.45) is 2.56. The minimum Gasteiger partial charge on any atom is -0.378 e. The van der Waals surface area contributed by atoms with Crippen molar-refractivity contribution in [2.75, 3.05) is 11.1 Å². The fourth-order valence-corrected chi connectivity index (χ4v) is 2.40. The lowest BCUT2D eigenvalue weighted by molar-refractivity contribution is -0.384. The van der Waals surface area contributed by atoms with Crippen LogP contribution in [0.15, 0.2) is 23.7 Å². The summed E-state index contributed by atoms with van der Waals surface area (Å²) in [5.74, 6) is 0.411. The monoisotopic (exact) mass is 279 g/mol. The highest BCUT2D eigenvalue weighted by molar-refractivity contribution is 7.09. The molecule has 0 saturated heterocycles. The third-order valence-electron chi connectivity index (χ3n) is 2.58. The Kier molecular flexibility index (Phi) is 3.91. The molecule has 2 rings (SSSR count). The second-order valence-corrected chi connectivity index (χ2v) is 4.76. The van der Waals surface area contributed by atoms with Gasteiger partial charge in [0.25, 0.3) is 0 Å². The number of aromatic nitrogens is 2. The summed E-state index contributed by atoms with van der Waals surface area (Å²) in [6.45, 7) is 2.02. The number of nitrogens with two attached hydrogens (primary N) is 1. The zero-order valence-corrected chi connectivity index (χ0v) is 11.1. The van der Waals surface area contributed by atoms with Crippen molar-refractivity contribution in [2.24, 2.45) is 0 Å². The molecular formula is C11H13N5O2S. The van der Waals surface area contributed by atoms with Crippen LogP contribution >= 0.6 is 11.3 Å². The lowest BCUT2D eigenvalue weighted by atomic mass is 10.2. The Morgan fingerprint density at radius 2 is 2.37 bits per heavy atom. The Labute approximate surface area is 113 Å². The van der Waals surface area contributed by atoms with Crippen LogP contribution in [0.5, 0.6) is 0 Å². The predicted molar refractivity (Wildman–Crippen MR) is 74.1 cm³/mol. The number of nitro groups is 1. The Hall–Kier alpha value is -2.22. The number of nitrogens with one attached hydrogen (secondary N) is 1. The molecule has 3 N–H and O–H groups in total. The summed E-state index contributed by atoms with van der Waals surface area (Å²) in [7, 11) is 0. The fourth-order valence-electron chi connectivity index (χ4n) is 1.63. The molecule has 0 aromatic carbocycles. The van der Waals surface area contributed by atoms with Crippen molar-refractivity contribution in [1.29, 1.82) is 0 Å². The average Bonchev–Trinajstić information content (AvgIpc) is 2.89. The molecule has 1 atom stereocenters. The number of anilines is 2. The van der Waals surface area contributed by atoms with Gasteiger partial charge in [-0.15, -0.1) is 11.3 Å². The largest absolute Gasteiger partial charge is 0.378 e. The van der Waals surface area contributed by atoms with E-state index < -0.39 is 4.92 Å². The number of hydrogen-bond acceptors (Lipinski definition) is 7. The van der Waals surface area contributed by atoms with E-state index >= 15 is 0 Å². The zero-order chi connectivity index (χ0) is 13.8. The molecule has 100 valence electrons. The van der Waals surface area contributed by atoms with Crippen LogP contribution in [0.1, 0.15) is 24.4 Å². The molecule has 2 aromatic heterocycles. The molecule has 0 aliphatic heterocycles. The van der Waals surface area contributed by atoms with Crippen LogP contribution in [-0.2, 0) is 0 Å². The second-order valence-electron chi connectivity index (χ2n) is 3.83. The molecule has 0 aliphatic carbocycles. The fraction of sp³-hybridized carbons (Fsp3) is 0.273. The molecule has 8 heteroatoms. The van der Waals surface area contributed by atoms with Gasteiger partial charge in [0.05, 0.1) is 11.0 Å². The third kappa shape index (κ3) is 2.97. The Morgan fingerprint density at radius 3 is 2.89 bits per heavy atom. The lowest BCUT2D eigenvalue weighted by Crippen LogP contribution is -2.11. The van der Waals surface area contributed by atoms with Crippen molar-refractivity contribution in [3.05, 3.63) is 38.8 Å². The van der Waals surface area contributed by atoms with Crippen molar-refractivity contribution in [3.63, 3.8) is 0 Å². The van der Waals surface area contributed by atoms with Crippen LogP contribution < -0.4 is 11.1 Å². The first-order valence-corrected chi connectivity index (χ1v) is 6.56. The summed E-state index contributed by atoms with van der Waals surface area (Å²) in [5, 5.41) is 16.7. The summed E-state index contributed by atoms with van der Waals surface area (Å²) < 4.78 is 0. The first-order valence-electron chi connectivity index (χ1n) is 5.68. The van der Waals surface area contributed by atoms with Gasteiger partial charge in [0.2, 0.25) is 5.82 Å². The Bertz CT molecular complexity index is 572. The van der Waals surface area contributed by atoms with Gasteiger partial charge < -0.3 is 11.1 Å². The van der Waals surface area contributed by atoms with Gasteiger partial charge in [-0.2, -0.15) is 0 Å². The van der Waals surface area contributed by atoms with E-state index in [1.807, 2.05) is 12.3 Å². The second kappa shape index (κ2) is 5.61. The van der Waals surface area contributed by atoms with Crippen molar-refractivity contribution in [2.45, 2.75) is 19.4 Å². The van der Waals surface area contributed by atoms with Crippen LogP contribution in [0.3, 0.4) is 0 Å². The number of nitrogens with zero attached hydrogens (tertiary/aromatic N) is 3. The van der Waals surface area contributed by atoms with Crippen LogP contribution in [-0.4, -0.2) is 14.9 Å². The molecule has 0 amide bonds. The smallest absolute Gasteiger partial charge is 0.311 e. The molecule has 0 spiro atoms. The van der Waals surface area contributed by atoms with Gasteiger partial charge >= 0.3 is 5.69 Å². The van der Waals surface area contributed by atoms with E-state index in [0.29, 0.717) is 5.82 Å². The highest BCUT2D eigenvalue weighted by Gasteiger charge is 2.16. The maximum absolute atomic E-state index is 10.7. The first-order chi connectivity index (χ1) is 9.11. The highest BCUT2D eigenvalue weighted by atomic mass is 32.1. The summed E-state index contributed by atoms with van der Waals surface area (Å²) in [4.78, 5) is 18.3. The average molecular weight is 279 g/mol. The molecule has 0 aliphatic rings. The van der Waals surface area contributed by atoms with E-state index in [-0.39, 0.29) is 17.5 Å². The van der Waals surface area contributed by atoms with E-state index in [1.54, 1.807) is 23.6 Å². The van der Waals surface area contributed by atoms with E-state index in [4.69, 9.17) is 5.73 Å². The van der Waals surface area contributed by atoms with Gasteiger partial charge in [0.1, 0.15) is 10.8 Å². The van der Waals surface area contributed by atoms with Crippen LogP contribution in [0.2, 0.25) is 0 Å². The molecule has 19 heavy (non-hydrogen) atoms. The van der Waals surface area contributed by atoms with E-state index in [9.17, 15) is 10.1 Å². The summed E-state index contributed by atoms with van der Waals surface area (Å²) in [5.41, 5.74) is 5.37. The van der Waals surface area contributed by atoms with Gasteiger partial charge in [-0.1, -0.05) is 6.92 Å². The van der Waals surface area contributed by atoms with Gasteiger partial charge in [-0.05, 0) is 12.5 Å². The summed E-state index contributed by atoms with van der Waals surface area (Å²) >= 11 is 1.55. The first kappa shape index (κ1) is 13.2. The van der Waals surface area contributed by atoms with Gasteiger partial charge in [-0.3, -0.25) is 10.1 Å². The Morgan fingerprint density at radius 1 is 1.58 bits per heavy atom. The number of thiazole rings is 1. The van der Waals surface area contributed by atoms with Crippen molar-refractivity contribution < 1.29 is 4.92 Å². The molecule has 2 heterocycles. The molecule has 1 unspecified atom stereocenters. The van der Waals surface area contributed by atoms with Crippen LogP contribution in [0.4, 0.5) is 17.3 Å². The van der Waals surface area contributed by atoms with E-state index in [0.717, 1.165) is 11.4 Å². The van der Waals surface area contributed by atoms with Gasteiger partial charge in [0.15, 0.2) is 0 Å². The highest BCUT2D eigenvalue weighted by Crippen LogP contribution is 2.26. The molecule has 0 bridgehead atoms. The topological polar surface area (TPSA) is 107 Å². The normalized spacial score (nSPS) is 12.1. The quantitative estimate of drug-likeness (QED) is 0.643. The minimum absolute atomic E-state index is 0.0216. The number of rotatable bonds is 5. The Balaban J connectivity index is 2.19. The molecule has 0 fully saturated rings.